The van der Waals surface area contributed by atoms with E-state index in [1.807, 2.05) is 0 Å². The standard InChI is InChI=1S/C54H47Cl/c1-52(2)44-18-12-10-16-39(44)41-27-25-36(28-46(41)52)38(26-22-33-20-23-35(24-21-33)34-14-8-7-9-15-34)37-29-49-51(50(55)30-37)43-32-47-42(31-48(43)54(49,5)6)40-17-11-13-19-45(40)53(47,3)4/h7-21,23-25,27-32,38H,22,26H2,1-6H3. The fourth-order valence-electron chi connectivity index (χ4n) is 10.5. The molecule has 0 saturated carbocycles. The van der Waals surface area contributed by atoms with Gasteiger partial charge in [-0.1, -0.05) is 181 Å². The Balaban J connectivity index is 1.08. The lowest BCUT2D eigenvalue weighted by atomic mass is 9.77. The highest BCUT2D eigenvalue weighted by atomic mass is 35.5. The average Bonchev–Trinajstić information content (AvgIpc) is 3.67. The molecule has 3 aliphatic rings. The molecule has 0 nitrogen and oxygen atoms in total. The van der Waals surface area contributed by atoms with Crippen LogP contribution < -0.4 is 0 Å². The number of benzene rings is 7. The van der Waals surface area contributed by atoms with Crippen molar-refractivity contribution in [1.29, 1.82) is 0 Å². The summed E-state index contributed by atoms with van der Waals surface area (Å²) in [6.45, 7) is 14.3. The summed E-state index contributed by atoms with van der Waals surface area (Å²) in [7, 11) is 0. The summed E-state index contributed by atoms with van der Waals surface area (Å²) < 4.78 is 0. The fraction of sp³-hybridized carbons (Fsp3) is 0.222. The molecule has 3 aliphatic carbocycles. The van der Waals surface area contributed by atoms with Gasteiger partial charge in [0, 0.05) is 32.7 Å². The quantitative estimate of drug-likeness (QED) is 0.160. The molecule has 0 bridgehead atoms. The first kappa shape index (κ1) is 34.3. The minimum atomic E-state index is -0.194. The maximum atomic E-state index is 7.57. The Bertz CT molecular complexity index is 2670. The van der Waals surface area contributed by atoms with Crippen LogP contribution in [0.1, 0.15) is 104 Å². The van der Waals surface area contributed by atoms with E-state index in [4.69, 9.17) is 11.6 Å². The van der Waals surface area contributed by atoms with Crippen molar-refractivity contribution in [3.8, 4) is 44.5 Å². The zero-order valence-electron chi connectivity index (χ0n) is 32.7. The second-order valence-corrected chi connectivity index (χ2v) is 18.2. The first-order chi connectivity index (χ1) is 26.4. The van der Waals surface area contributed by atoms with E-state index in [1.54, 1.807) is 0 Å². The third-order valence-electron chi connectivity index (χ3n) is 13.6. The average molecular weight is 731 g/mol. The zero-order chi connectivity index (χ0) is 37.9. The summed E-state index contributed by atoms with van der Waals surface area (Å²) in [5, 5.41) is 0.860. The number of fused-ring (bicyclic) bond motifs is 9. The first-order valence-corrected chi connectivity index (χ1v) is 20.3. The van der Waals surface area contributed by atoms with E-state index in [0.717, 1.165) is 17.9 Å². The molecule has 0 amide bonds. The van der Waals surface area contributed by atoms with E-state index in [0.29, 0.717) is 0 Å². The third kappa shape index (κ3) is 5.11. The molecule has 1 heteroatoms. The van der Waals surface area contributed by atoms with Gasteiger partial charge >= 0.3 is 0 Å². The van der Waals surface area contributed by atoms with Crippen molar-refractivity contribution in [3.63, 3.8) is 0 Å². The van der Waals surface area contributed by atoms with Gasteiger partial charge in [-0.25, -0.2) is 0 Å². The van der Waals surface area contributed by atoms with Crippen molar-refractivity contribution >= 4 is 11.6 Å². The molecule has 1 unspecified atom stereocenters. The number of hydrogen-bond acceptors (Lipinski definition) is 0. The predicted molar refractivity (Wildman–Crippen MR) is 233 cm³/mol. The van der Waals surface area contributed by atoms with Crippen molar-refractivity contribution in [3.05, 3.63) is 201 Å². The highest BCUT2D eigenvalue weighted by molar-refractivity contribution is 6.34. The molecule has 0 N–H and O–H groups in total. The molecule has 55 heavy (non-hydrogen) atoms. The Morgan fingerprint density at radius 3 is 1.62 bits per heavy atom. The van der Waals surface area contributed by atoms with Gasteiger partial charge < -0.3 is 0 Å². The Morgan fingerprint density at radius 1 is 0.418 bits per heavy atom. The van der Waals surface area contributed by atoms with Gasteiger partial charge in [0.15, 0.2) is 0 Å². The number of rotatable bonds is 6. The van der Waals surface area contributed by atoms with Crippen LogP contribution in [0.25, 0.3) is 44.5 Å². The monoisotopic (exact) mass is 730 g/mol. The molecule has 1 atom stereocenters. The van der Waals surface area contributed by atoms with E-state index in [9.17, 15) is 0 Å². The summed E-state index contributed by atoms with van der Waals surface area (Å²) in [5.74, 6) is 0.178. The second-order valence-electron chi connectivity index (χ2n) is 17.8. The molecule has 0 aliphatic heterocycles. The lowest BCUT2D eigenvalue weighted by Crippen LogP contribution is -2.17. The second kappa shape index (κ2) is 12.2. The van der Waals surface area contributed by atoms with Crippen LogP contribution in [0.15, 0.2) is 146 Å². The van der Waals surface area contributed by atoms with Gasteiger partial charge in [-0.15, -0.1) is 0 Å². The van der Waals surface area contributed by atoms with Gasteiger partial charge in [-0.2, -0.15) is 0 Å². The topological polar surface area (TPSA) is 0 Å². The van der Waals surface area contributed by atoms with Crippen LogP contribution in [0.3, 0.4) is 0 Å². The van der Waals surface area contributed by atoms with Crippen molar-refractivity contribution in [2.75, 3.05) is 0 Å². The molecule has 0 heterocycles. The number of aryl methyl sites for hydroxylation is 1. The maximum absolute atomic E-state index is 7.57. The van der Waals surface area contributed by atoms with Crippen LogP contribution in [0.5, 0.6) is 0 Å². The van der Waals surface area contributed by atoms with Crippen LogP contribution in [0, 0.1) is 0 Å². The molecule has 0 aromatic heterocycles. The van der Waals surface area contributed by atoms with E-state index >= 15 is 0 Å². The van der Waals surface area contributed by atoms with E-state index in [2.05, 4.69) is 187 Å². The van der Waals surface area contributed by atoms with Gasteiger partial charge in [0.05, 0.1) is 0 Å². The smallest absolute Gasteiger partial charge is 0.0490 e. The molecule has 7 aromatic carbocycles. The minimum absolute atomic E-state index is 0.0637. The van der Waals surface area contributed by atoms with Crippen LogP contribution in [0.2, 0.25) is 5.02 Å². The van der Waals surface area contributed by atoms with Gasteiger partial charge in [0.2, 0.25) is 0 Å². The van der Waals surface area contributed by atoms with E-state index in [-0.39, 0.29) is 22.2 Å². The Kier molecular flexibility index (Phi) is 7.59. The largest absolute Gasteiger partial charge is 0.0836 e. The normalized spacial score (nSPS) is 16.4. The number of hydrogen-bond donors (Lipinski definition) is 0. The zero-order valence-corrected chi connectivity index (χ0v) is 33.5. The highest BCUT2D eigenvalue weighted by Gasteiger charge is 2.43. The molecule has 270 valence electrons. The molecule has 0 radical (unpaired) electrons. The first-order valence-electron chi connectivity index (χ1n) is 20.0. The van der Waals surface area contributed by atoms with Crippen molar-refractivity contribution in [2.24, 2.45) is 0 Å². The predicted octanol–water partition coefficient (Wildman–Crippen LogP) is 14.7. The molecule has 0 fully saturated rings. The Hall–Kier alpha value is -5.17. The SMILES string of the molecule is CC1(C)c2ccccc2-c2ccc(C(CCc3ccc(-c4ccccc4)cc3)c3cc(Cl)c4c(c3)C(C)(C)c3cc5c(cc3-4)C(C)(C)c3ccccc3-5)cc21. The molecule has 0 spiro atoms. The van der Waals surface area contributed by atoms with Crippen molar-refractivity contribution < 1.29 is 0 Å². The lowest BCUT2D eigenvalue weighted by Gasteiger charge is -2.27. The maximum Gasteiger partial charge on any atom is 0.0490 e. The highest BCUT2D eigenvalue weighted by Crippen LogP contribution is 2.58. The van der Waals surface area contributed by atoms with Gasteiger partial charge in [0.1, 0.15) is 0 Å². The number of halogens is 1. The van der Waals surface area contributed by atoms with Crippen molar-refractivity contribution in [1.82, 2.24) is 0 Å². The molecule has 7 aromatic rings. The molecular formula is C54H47Cl. The summed E-state index contributed by atoms with van der Waals surface area (Å²) in [6.07, 6.45) is 1.96. The van der Waals surface area contributed by atoms with Crippen LogP contribution >= 0.6 is 11.6 Å². The van der Waals surface area contributed by atoms with Gasteiger partial charge in [-0.3, -0.25) is 0 Å². The summed E-state index contributed by atoms with van der Waals surface area (Å²) in [5.41, 5.74) is 22.5. The third-order valence-corrected chi connectivity index (χ3v) is 13.9. The molecule has 0 saturated heterocycles. The van der Waals surface area contributed by atoms with Crippen LogP contribution in [0.4, 0.5) is 0 Å². The fourth-order valence-corrected chi connectivity index (χ4v) is 10.8. The van der Waals surface area contributed by atoms with Crippen LogP contribution in [-0.4, -0.2) is 0 Å². The van der Waals surface area contributed by atoms with Gasteiger partial charge in [-0.05, 0) is 120 Å². The van der Waals surface area contributed by atoms with Gasteiger partial charge in [0.25, 0.3) is 0 Å². The van der Waals surface area contributed by atoms with E-state index in [1.165, 1.54) is 94.6 Å². The minimum Gasteiger partial charge on any atom is -0.0836 e. The molecular weight excluding hydrogens is 684 g/mol. The molecule has 10 rings (SSSR count). The lowest BCUT2D eigenvalue weighted by molar-refractivity contribution is 0.647. The summed E-state index contributed by atoms with van der Waals surface area (Å²) >= 11 is 7.57. The summed E-state index contributed by atoms with van der Waals surface area (Å²) in [6, 6.07) is 54.8. The van der Waals surface area contributed by atoms with Crippen molar-refractivity contribution in [2.45, 2.75) is 76.5 Å². The summed E-state index contributed by atoms with van der Waals surface area (Å²) in [4.78, 5) is 0. The van der Waals surface area contributed by atoms with E-state index < -0.39 is 0 Å². The Morgan fingerprint density at radius 2 is 0.927 bits per heavy atom. The van der Waals surface area contributed by atoms with Crippen LogP contribution in [-0.2, 0) is 22.7 Å². The Labute approximate surface area is 331 Å².